The van der Waals surface area contributed by atoms with Crippen molar-refractivity contribution >= 4 is 45.4 Å². The second-order valence-corrected chi connectivity index (χ2v) is 8.94. The van der Waals surface area contributed by atoms with E-state index in [9.17, 15) is 9.59 Å². The average Bonchev–Trinajstić information content (AvgIpc) is 3.22. The third-order valence-electron chi connectivity index (χ3n) is 4.41. The van der Waals surface area contributed by atoms with Crippen molar-refractivity contribution < 1.29 is 14.3 Å². The summed E-state index contributed by atoms with van der Waals surface area (Å²) in [6.45, 7) is 9.50. The molecule has 0 fully saturated rings. The zero-order chi connectivity index (χ0) is 20.4. The van der Waals surface area contributed by atoms with E-state index in [1.54, 1.807) is 16.2 Å². The highest BCUT2D eigenvalue weighted by molar-refractivity contribution is 7.14. The van der Waals surface area contributed by atoms with Gasteiger partial charge in [-0.25, -0.2) is 9.78 Å². The lowest BCUT2D eigenvalue weighted by atomic mass is 10.1. The first-order valence-corrected chi connectivity index (χ1v) is 10.5. The summed E-state index contributed by atoms with van der Waals surface area (Å²) < 4.78 is 5.41. The van der Waals surface area contributed by atoms with E-state index in [-0.39, 0.29) is 18.5 Å². The number of hydrogen-bond donors (Lipinski definition) is 0. The van der Waals surface area contributed by atoms with Crippen molar-refractivity contribution in [3.05, 3.63) is 61.8 Å². The monoisotopic (exact) mass is 414 g/mol. The normalized spacial score (nSPS) is 10.8. The zero-order valence-electron chi connectivity index (χ0n) is 16.5. The number of thiophene rings is 1. The second kappa shape index (κ2) is 8.24. The molecule has 0 saturated heterocycles. The molecule has 0 aliphatic heterocycles. The van der Waals surface area contributed by atoms with Gasteiger partial charge in [-0.05, 0) is 57.0 Å². The van der Waals surface area contributed by atoms with Crippen molar-refractivity contribution in [3.63, 3.8) is 0 Å². The maximum atomic E-state index is 12.3. The number of nitrogens with zero attached hydrogens (tertiary/aromatic N) is 2. The van der Waals surface area contributed by atoms with Gasteiger partial charge >= 0.3 is 5.97 Å². The lowest BCUT2D eigenvalue weighted by Crippen LogP contribution is -2.22. The maximum absolute atomic E-state index is 12.3. The third kappa shape index (κ3) is 4.31. The van der Waals surface area contributed by atoms with Gasteiger partial charge in [0.05, 0.1) is 16.9 Å². The number of thiazole rings is 1. The fourth-order valence-corrected chi connectivity index (χ4v) is 4.59. The number of amides is 1. The van der Waals surface area contributed by atoms with Crippen LogP contribution in [0.4, 0.5) is 10.8 Å². The molecule has 0 bridgehead atoms. The van der Waals surface area contributed by atoms with Gasteiger partial charge in [-0.1, -0.05) is 6.07 Å². The van der Waals surface area contributed by atoms with E-state index in [0.29, 0.717) is 16.4 Å². The minimum atomic E-state index is -0.353. The minimum Gasteiger partial charge on any atom is -0.456 e. The number of ether oxygens (including phenoxy) is 1. The van der Waals surface area contributed by atoms with Crippen molar-refractivity contribution in [2.75, 3.05) is 4.90 Å². The molecule has 7 heteroatoms. The Kier molecular flexibility index (Phi) is 5.96. The van der Waals surface area contributed by atoms with E-state index in [1.807, 2.05) is 57.3 Å². The van der Waals surface area contributed by atoms with Crippen LogP contribution < -0.4 is 4.90 Å². The Morgan fingerprint density at radius 1 is 1.11 bits per heavy atom. The summed E-state index contributed by atoms with van der Waals surface area (Å²) in [4.78, 5) is 32.6. The first-order chi connectivity index (χ1) is 13.3. The maximum Gasteiger partial charge on any atom is 0.339 e. The van der Waals surface area contributed by atoms with Gasteiger partial charge in [-0.15, -0.1) is 22.7 Å². The Bertz CT molecular complexity index is 1040. The quantitative estimate of drug-likeness (QED) is 0.519. The van der Waals surface area contributed by atoms with Gasteiger partial charge in [0.15, 0.2) is 5.13 Å². The van der Waals surface area contributed by atoms with Crippen molar-refractivity contribution in [2.24, 2.45) is 0 Å². The number of rotatable bonds is 5. The minimum absolute atomic E-state index is 0.0718. The fourth-order valence-electron chi connectivity index (χ4n) is 2.81. The molecule has 0 unspecified atom stereocenters. The van der Waals surface area contributed by atoms with Crippen molar-refractivity contribution in [1.82, 2.24) is 4.98 Å². The summed E-state index contributed by atoms with van der Waals surface area (Å²) in [7, 11) is 0. The van der Waals surface area contributed by atoms with Crippen LogP contribution in [-0.4, -0.2) is 16.9 Å². The molecule has 0 N–H and O–H groups in total. The van der Waals surface area contributed by atoms with Gasteiger partial charge in [0.1, 0.15) is 6.61 Å². The number of aryl methyl sites for hydroxylation is 4. The standard InChI is InChI=1S/C21H22N2O3S2/c1-12-6-7-18(8-13(12)2)23(16(5)24)21-22-17(11-27-21)10-26-20(25)19-9-14(3)28-15(19)4/h6-9,11H,10H2,1-5H3. The predicted molar refractivity (Wildman–Crippen MR) is 114 cm³/mol. The van der Waals surface area contributed by atoms with Gasteiger partial charge in [0.25, 0.3) is 0 Å². The average molecular weight is 415 g/mol. The van der Waals surface area contributed by atoms with E-state index >= 15 is 0 Å². The highest BCUT2D eigenvalue weighted by Crippen LogP contribution is 2.30. The number of carbonyl (C=O) groups is 2. The number of esters is 1. The molecule has 0 aliphatic rings. The molecular weight excluding hydrogens is 392 g/mol. The molecule has 1 aromatic carbocycles. The summed E-state index contributed by atoms with van der Waals surface area (Å²) >= 11 is 2.92. The second-order valence-electron chi connectivity index (χ2n) is 6.65. The fraction of sp³-hybridized carbons (Fsp3) is 0.286. The lowest BCUT2D eigenvalue weighted by Gasteiger charge is -2.19. The Balaban J connectivity index is 1.76. The first kappa shape index (κ1) is 20.2. The van der Waals surface area contributed by atoms with Crippen LogP contribution in [0, 0.1) is 27.7 Å². The van der Waals surface area contributed by atoms with Crippen LogP contribution in [-0.2, 0) is 16.1 Å². The van der Waals surface area contributed by atoms with E-state index in [2.05, 4.69) is 4.98 Å². The number of aromatic nitrogens is 1. The summed E-state index contributed by atoms with van der Waals surface area (Å²) in [6, 6.07) is 7.71. The molecular formula is C21H22N2O3S2. The van der Waals surface area contributed by atoms with E-state index < -0.39 is 0 Å². The van der Waals surface area contributed by atoms with Crippen LogP contribution in [0.5, 0.6) is 0 Å². The van der Waals surface area contributed by atoms with Crippen molar-refractivity contribution in [3.8, 4) is 0 Å². The molecule has 0 aliphatic carbocycles. The molecule has 2 heterocycles. The topological polar surface area (TPSA) is 59.5 Å². The van der Waals surface area contributed by atoms with Crippen LogP contribution >= 0.6 is 22.7 Å². The Morgan fingerprint density at radius 3 is 2.46 bits per heavy atom. The number of carbonyl (C=O) groups excluding carboxylic acids is 2. The summed E-state index contributed by atoms with van der Waals surface area (Å²) in [5, 5.41) is 2.37. The summed E-state index contributed by atoms with van der Waals surface area (Å²) in [5.41, 5.74) is 4.26. The van der Waals surface area contributed by atoms with Crippen LogP contribution in [0.2, 0.25) is 0 Å². The molecule has 0 radical (unpaired) electrons. The van der Waals surface area contributed by atoms with Crippen LogP contribution in [0.1, 0.15) is 43.9 Å². The van der Waals surface area contributed by atoms with E-state index in [1.165, 1.54) is 18.3 Å². The highest BCUT2D eigenvalue weighted by Gasteiger charge is 2.19. The number of benzene rings is 1. The van der Waals surface area contributed by atoms with Crippen molar-refractivity contribution in [1.29, 1.82) is 0 Å². The lowest BCUT2D eigenvalue weighted by molar-refractivity contribution is -0.115. The van der Waals surface area contributed by atoms with E-state index in [4.69, 9.17) is 4.74 Å². The van der Waals surface area contributed by atoms with Gasteiger partial charge in [-0.2, -0.15) is 0 Å². The molecule has 28 heavy (non-hydrogen) atoms. The van der Waals surface area contributed by atoms with E-state index in [0.717, 1.165) is 26.6 Å². The smallest absolute Gasteiger partial charge is 0.339 e. The van der Waals surface area contributed by atoms with Crippen molar-refractivity contribution in [2.45, 2.75) is 41.2 Å². The third-order valence-corrected chi connectivity index (χ3v) is 6.25. The number of anilines is 2. The molecule has 5 nitrogen and oxygen atoms in total. The van der Waals surface area contributed by atoms with Gasteiger partial charge in [0.2, 0.25) is 5.91 Å². The Morgan fingerprint density at radius 2 is 1.86 bits per heavy atom. The first-order valence-electron chi connectivity index (χ1n) is 8.82. The molecule has 146 valence electrons. The Hall–Kier alpha value is -2.51. The van der Waals surface area contributed by atoms with Crippen LogP contribution in [0.3, 0.4) is 0 Å². The largest absolute Gasteiger partial charge is 0.456 e. The van der Waals surface area contributed by atoms with Crippen LogP contribution in [0.25, 0.3) is 0 Å². The van der Waals surface area contributed by atoms with Gasteiger partial charge in [-0.3, -0.25) is 9.69 Å². The number of hydrogen-bond acceptors (Lipinski definition) is 6. The Labute approximate surface area is 172 Å². The summed E-state index contributed by atoms with van der Waals surface area (Å²) in [5.74, 6) is -0.473. The molecule has 0 spiro atoms. The SMILES string of the molecule is CC(=O)N(c1ccc(C)c(C)c1)c1nc(COC(=O)c2cc(C)sc2C)cs1. The molecule has 0 atom stereocenters. The predicted octanol–water partition coefficient (Wildman–Crippen LogP) is 5.48. The highest BCUT2D eigenvalue weighted by atomic mass is 32.1. The molecule has 3 rings (SSSR count). The zero-order valence-corrected chi connectivity index (χ0v) is 18.2. The van der Waals surface area contributed by atoms with Crippen LogP contribution in [0.15, 0.2) is 29.6 Å². The molecule has 1 amide bonds. The van der Waals surface area contributed by atoms with Gasteiger partial charge in [0, 0.05) is 22.1 Å². The molecule has 3 aromatic rings. The summed E-state index contributed by atoms with van der Waals surface area (Å²) in [6.07, 6.45) is 0. The van der Waals surface area contributed by atoms with Gasteiger partial charge < -0.3 is 4.74 Å². The molecule has 0 saturated carbocycles. The molecule has 2 aromatic heterocycles.